The Labute approximate surface area is 117 Å². The van der Waals surface area contributed by atoms with Crippen LogP contribution in [0.2, 0.25) is 0 Å². The van der Waals surface area contributed by atoms with Crippen molar-refractivity contribution in [2.45, 2.75) is 50.5 Å². The van der Waals surface area contributed by atoms with Gasteiger partial charge in [-0.05, 0) is 49.9 Å². The second kappa shape index (κ2) is 5.64. The van der Waals surface area contributed by atoms with Crippen LogP contribution in [0.3, 0.4) is 0 Å². The molecule has 2 N–H and O–H groups in total. The summed E-state index contributed by atoms with van der Waals surface area (Å²) in [6.45, 7) is 4.47. The van der Waals surface area contributed by atoms with Crippen molar-refractivity contribution in [1.29, 1.82) is 0 Å². The molecule has 0 aromatic heterocycles. The first kappa shape index (κ1) is 13.1. The average molecular weight is 258 g/mol. The Kier molecular flexibility index (Phi) is 3.90. The third-order valence-corrected chi connectivity index (χ3v) is 5.12. The van der Waals surface area contributed by atoms with E-state index in [0.29, 0.717) is 5.41 Å². The van der Waals surface area contributed by atoms with E-state index in [1.54, 1.807) is 0 Å². The molecule has 0 atom stereocenters. The summed E-state index contributed by atoms with van der Waals surface area (Å²) in [6, 6.07) is 9.29. The van der Waals surface area contributed by atoms with Crippen molar-refractivity contribution < 1.29 is 0 Å². The van der Waals surface area contributed by atoms with Crippen molar-refractivity contribution in [3.63, 3.8) is 0 Å². The van der Waals surface area contributed by atoms with Gasteiger partial charge in [-0.2, -0.15) is 0 Å². The number of hydrogen-bond donors (Lipinski definition) is 1. The van der Waals surface area contributed by atoms with Crippen LogP contribution in [0.1, 0.15) is 49.7 Å². The average Bonchev–Trinajstić information content (AvgIpc) is 2.41. The molecule has 2 heteroatoms. The van der Waals surface area contributed by atoms with Crippen LogP contribution in [-0.4, -0.2) is 24.5 Å². The minimum atomic E-state index is 0.309. The smallest absolute Gasteiger partial charge is 0.0233 e. The molecule has 0 spiro atoms. The number of piperidine rings is 1. The lowest BCUT2D eigenvalue weighted by molar-refractivity contribution is 0.220. The Morgan fingerprint density at radius 1 is 0.947 bits per heavy atom. The molecule has 0 bridgehead atoms. The minimum absolute atomic E-state index is 0.309. The summed E-state index contributed by atoms with van der Waals surface area (Å²) in [5.74, 6) is 0. The minimum Gasteiger partial charge on any atom is -0.330 e. The summed E-state index contributed by atoms with van der Waals surface area (Å²) in [5.41, 5.74) is 9.21. The van der Waals surface area contributed by atoms with E-state index in [0.717, 1.165) is 13.1 Å². The molecule has 1 heterocycles. The maximum absolute atomic E-state index is 5.98. The number of likely N-dealkylation sites (tertiary alicyclic amines) is 1. The van der Waals surface area contributed by atoms with Crippen LogP contribution in [0, 0.1) is 0 Å². The van der Waals surface area contributed by atoms with Gasteiger partial charge in [-0.15, -0.1) is 0 Å². The molecule has 19 heavy (non-hydrogen) atoms. The number of hydrogen-bond acceptors (Lipinski definition) is 2. The molecule has 1 saturated heterocycles. The van der Waals surface area contributed by atoms with Crippen molar-refractivity contribution in [3.8, 4) is 0 Å². The highest BCUT2D eigenvalue weighted by atomic mass is 15.1. The van der Waals surface area contributed by atoms with Gasteiger partial charge in [0.2, 0.25) is 0 Å². The van der Waals surface area contributed by atoms with Crippen molar-refractivity contribution in [1.82, 2.24) is 4.90 Å². The third kappa shape index (κ3) is 2.70. The van der Waals surface area contributed by atoms with Gasteiger partial charge >= 0.3 is 0 Å². The van der Waals surface area contributed by atoms with E-state index in [-0.39, 0.29) is 0 Å². The van der Waals surface area contributed by atoms with Gasteiger partial charge in [0.15, 0.2) is 0 Å². The largest absolute Gasteiger partial charge is 0.330 e. The normalized spacial score (nSPS) is 23.0. The van der Waals surface area contributed by atoms with Crippen LogP contribution in [0.4, 0.5) is 0 Å². The van der Waals surface area contributed by atoms with Crippen molar-refractivity contribution in [2.75, 3.05) is 19.6 Å². The van der Waals surface area contributed by atoms with Crippen LogP contribution in [-0.2, 0) is 12.0 Å². The lowest BCUT2D eigenvalue weighted by Crippen LogP contribution is -2.41. The molecule has 1 aliphatic carbocycles. The number of rotatable bonds is 4. The molecular formula is C17H26N2. The quantitative estimate of drug-likeness (QED) is 0.899. The standard InChI is InChI=1S/C17H26N2/c18-14-17(9-4-10-17)16-7-5-15(6-8-16)13-19-11-2-1-3-12-19/h5-8H,1-4,9-14,18H2. The van der Waals surface area contributed by atoms with Gasteiger partial charge in [-0.1, -0.05) is 37.1 Å². The van der Waals surface area contributed by atoms with Crippen molar-refractivity contribution >= 4 is 0 Å². The van der Waals surface area contributed by atoms with Gasteiger partial charge in [0.05, 0.1) is 0 Å². The van der Waals surface area contributed by atoms with Crippen LogP contribution in [0.25, 0.3) is 0 Å². The zero-order valence-corrected chi connectivity index (χ0v) is 11.9. The van der Waals surface area contributed by atoms with Gasteiger partial charge in [-0.3, -0.25) is 4.90 Å². The van der Waals surface area contributed by atoms with Gasteiger partial charge in [0, 0.05) is 18.5 Å². The van der Waals surface area contributed by atoms with E-state index in [1.165, 1.54) is 62.7 Å². The maximum atomic E-state index is 5.98. The van der Waals surface area contributed by atoms with Gasteiger partial charge in [0.1, 0.15) is 0 Å². The summed E-state index contributed by atoms with van der Waals surface area (Å²) < 4.78 is 0. The topological polar surface area (TPSA) is 29.3 Å². The molecule has 2 fully saturated rings. The van der Waals surface area contributed by atoms with E-state index in [2.05, 4.69) is 29.2 Å². The Balaban J connectivity index is 1.65. The fourth-order valence-electron chi connectivity index (χ4n) is 3.55. The molecule has 0 amide bonds. The predicted octanol–water partition coefficient (Wildman–Crippen LogP) is 3.05. The molecule has 104 valence electrons. The Bertz CT molecular complexity index is 394. The van der Waals surface area contributed by atoms with E-state index < -0.39 is 0 Å². The summed E-state index contributed by atoms with van der Waals surface area (Å²) in [6.07, 6.45) is 8.04. The molecular weight excluding hydrogens is 232 g/mol. The summed E-state index contributed by atoms with van der Waals surface area (Å²) in [4.78, 5) is 2.58. The third-order valence-electron chi connectivity index (χ3n) is 5.12. The SMILES string of the molecule is NCC1(c2ccc(CN3CCCCC3)cc2)CCC1. The fraction of sp³-hybridized carbons (Fsp3) is 0.647. The highest BCUT2D eigenvalue weighted by Gasteiger charge is 2.36. The first-order valence-electron chi connectivity index (χ1n) is 7.84. The Morgan fingerprint density at radius 3 is 2.16 bits per heavy atom. The zero-order valence-electron chi connectivity index (χ0n) is 11.9. The second-order valence-corrected chi connectivity index (χ2v) is 6.37. The van der Waals surface area contributed by atoms with Gasteiger partial charge in [0.25, 0.3) is 0 Å². The van der Waals surface area contributed by atoms with Crippen LogP contribution in [0.5, 0.6) is 0 Å². The molecule has 1 aromatic rings. The fourth-order valence-corrected chi connectivity index (χ4v) is 3.55. The zero-order chi connectivity index (χ0) is 13.1. The number of nitrogens with zero attached hydrogens (tertiary/aromatic N) is 1. The molecule has 1 aliphatic heterocycles. The maximum Gasteiger partial charge on any atom is 0.0233 e. The van der Waals surface area contributed by atoms with E-state index in [9.17, 15) is 0 Å². The second-order valence-electron chi connectivity index (χ2n) is 6.37. The number of nitrogens with two attached hydrogens (primary N) is 1. The molecule has 1 saturated carbocycles. The summed E-state index contributed by atoms with van der Waals surface area (Å²) in [5, 5.41) is 0. The molecule has 1 aromatic carbocycles. The Hall–Kier alpha value is -0.860. The first-order chi connectivity index (χ1) is 9.32. The molecule has 0 unspecified atom stereocenters. The lowest BCUT2D eigenvalue weighted by atomic mass is 9.64. The first-order valence-corrected chi connectivity index (χ1v) is 7.84. The van der Waals surface area contributed by atoms with Crippen molar-refractivity contribution in [3.05, 3.63) is 35.4 Å². The van der Waals surface area contributed by atoms with Crippen LogP contribution >= 0.6 is 0 Å². The lowest BCUT2D eigenvalue weighted by Gasteiger charge is -2.41. The number of benzene rings is 1. The highest BCUT2D eigenvalue weighted by Crippen LogP contribution is 2.42. The van der Waals surface area contributed by atoms with E-state index >= 15 is 0 Å². The summed E-state index contributed by atoms with van der Waals surface area (Å²) >= 11 is 0. The molecule has 2 nitrogen and oxygen atoms in total. The van der Waals surface area contributed by atoms with Crippen molar-refractivity contribution in [2.24, 2.45) is 5.73 Å². The molecule has 2 aliphatic rings. The summed E-state index contributed by atoms with van der Waals surface area (Å²) in [7, 11) is 0. The van der Waals surface area contributed by atoms with Crippen LogP contribution < -0.4 is 5.73 Å². The van der Waals surface area contributed by atoms with Gasteiger partial charge < -0.3 is 5.73 Å². The predicted molar refractivity (Wildman–Crippen MR) is 80.2 cm³/mol. The van der Waals surface area contributed by atoms with Gasteiger partial charge in [-0.25, -0.2) is 0 Å². The van der Waals surface area contributed by atoms with E-state index in [4.69, 9.17) is 5.73 Å². The highest BCUT2D eigenvalue weighted by molar-refractivity contribution is 5.31. The monoisotopic (exact) mass is 258 g/mol. The van der Waals surface area contributed by atoms with E-state index in [1.807, 2.05) is 0 Å². The molecule has 3 rings (SSSR count). The Morgan fingerprint density at radius 2 is 1.63 bits per heavy atom. The molecule has 0 radical (unpaired) electrons. The van der Waals surface area contributed by atoms with Crippen LogP contribution in [0.15, 0.2) is 24.3 Å².